The predicted octanol–water partition coefficient (Wildman–Crippen LogP) is 2.12. The predicted molar refractivity (Wildman–Crippen MR) is 117 cm³/mol. The van der Waals surface area contributed by atoms with E-state index in [0.29, 0.717) is 23.7 Å². The zero-order chi connectivity index (χ0) is 21.5. The van der Waals surface area contributed by atoms with Gasteiger partial charge in [-0.15, -0.1) is 0 Å². The van der Waals surface area contributed by atoms with Crippen molar-refractivity contribution in [2.24, 2.45) is 7.05 Å². The smallest absolute Gasteiger partial charge is 0.275 e. The highest BCUT2D eigenvalue weighted by molar-refractivity contribution is 6.06. The number of nitrogens with zero attached hydrogens (tertiary/aromatic N) is 4. The number of carbonyl (C=O) groups excluding carboxylic acids is 2. The van der Waals surface area contributed by atoms with E-state index >= 15 is 0 Å². The normalized spacial score (nSPS) is 18.3. The monoisotopic (exact) mass is 416 g/mol. The van der Waals surface area contributed by atoms with Crippen LogP contribution in [0.2, 0.25) is 0 Å². The van der Waals surface area contributed by atoms with Crippen LogP contribution in [-0.4, -0.2) is 50.5 Å². The Bertz CT molecular complexity index is 1240. The summed E-state index contributed by atoms with van der Waals surface area (Å²) in [4.78, 5) is 43.2. The highest BCUT2D eigenvalue weighted by Crippen LogP contribution is 2.28. The van der Waals surface area contributed by atoms with E-state index in [0.717, 1.165) is 37.1 Å². The molecule has 31 heavy (non-hydrogen) atoms. The van der Waals surface area contributed by atoms with Crippen LogP contribution >= 0.6 is 0 Å². The van der Waals surface area contributed by atoms with E-state index in [4.69, 9.17) is 0 Å². The molecule has 5 rings (SSSR count). The second-order valence-corrected chi connectivity index (χ2v) is 8.28. The summed E-state index contributed by atoms with van der Waals surface area (Å²) in [6.45, 7) is 1.82. The molecule has 1 saturated heterocycles. The zero-order valence-corrected chi connectivity index (χ0v) is 17.5. The number of carbonyl (C=O) groups is 2. The molecule has 0 radical (unpaired) electrons. The molecule has 1 aromatic heterocycles. The number of likely N-dealkylation sites (tertiary alicyclic amines) is 1. The van der Waals surface area contributed by atoms with Gasteiger partial charge in [-0.3, -0.25) is 14.4 Å². The fourth-order valence-electron chi connectivity index (χ4n) is 4.70. The van der Waals surface area contributed by atoms with Gasteiger partial charge in [0.15, 0.2) is 5.69 Å². The van der Waals surface area contributed by atoms with Gasteiger partial charge in [0, 0.05) is 38.5 Å². The van der Waals surface area contributed by atoms with E-state index in [9.17, 15) is 14.4 Å². The average Bonchev–Trinajstić information content (AvgIpc) is 3.35. The summed E-state index contributed by atoms with van der Waals surface area (Å²) in [6, 6.07) is 14.4. The lowest BCUT2D eigenvalue weighted by Gasteiger charge is -2.37. The van der Waals surface area contributed by atoms with E-state index in [1.54, 1.807) is 36.2 Å². The lowest BCUT2D eigenvalue weighted by atomic mass is 9.92. The quantitative estimate of drug-likeness (QED) is 0.641. The van der Waals surface area contributed by atoms with Crippen LogP contribution in [-0.2, 0) is 24.8 Å². The van der Waals surface area contributed by atoms with Crippen molar-refractivity contribution in [3.8, 4) is 0 Å². The molecule has 7 nitrogen and oxygen atoms in total. The number of rotatable bonds is 2. The van der Waals surface area contributed by atoms with E-state index in [1.807, 2.05) is 29.2 Å². The molecule has 2 amide bonds. The Hall–Kier alpha value is -3.48. The molecule has 3 aromatic rings. The molecule has 1 atom stereocenters. The van der Waals surface area contributed by atoms with Crippen LogP contribution in [0, 0.1) is 0 Å². The molecular weight excluding hydrogens is 392 g/mol. The minimum atomic E-state index is -0.571. The second-order valence-electron chi connectivity index (χ2n) is 8.28. The number of benzene rings is 2. The summed E-state index contributed by atoms with van der Waals surface area (Å²) in [5.41, 5.74) is 2.09. The standard InChI is InChI=1S/C24H24N4O3/c1-26-22(29)19-11-5-4-10-18(19)21(25-26)24(31)28-15-17-9-3-2-8-16(17)14-20(28)23(30)27-12-6-7-13-27/h2-5,8-11,20H,6-7,12-15H2,1H3/t20-/m1/s1. The van der Waals surface area contributed by atoms with Crippen molar-refractivity contribution >= 4 is 22.6 Å². The number of fused-ring (bicyclic) bond motifs is 2. The third-order valence-corrected chi connectivity index (χ3v) is 6.37. The summed E-state index contributed by atoms with van der Waals surface area (Å²) in [5, 5.41) is 5.27. The molecule has 0 saturated carbocycles. The average molecular weight is 416 g/mol. The van der Waals surface area contributed by atoms with Crippen molar-refractivity contribution in [1.82, 2.24) is 19.6 Å². The maximum atomic E-state index is 13.8. The van der Waals surface area contributed by atoms with Gasteiger partial charge in [0.2, 0.25) is 5.91 Å². The number of hydrogen-bond acceptors (Lipinski definition) is 4. The van der Waals surface area contributed by atoms with Crippen LogP contribution in [0.3, 0.4) is 0 Å². The van der Waals surface area contributed by atoms with Crippen LogP contribution in [0.4, 0.5) is 0 Å². The Kier molecular flexibility index (Phi) is 4.81. The molecule has 1 fully saturated rings. The molecule has 2 aromatic carbocycles. The molecular formula is C24H24N4O3. The highest BCUT2D eigenvalue weighted by Gasteiger charge is 2.38. The number of amides is 2. The highest BCUT2D eigenvalue weighted by atomic mass is 16.2. The molecule has 0 N–H and O–H groups in total. The Labute approximate surface area is 179 Å². The molecule has 7 heteroatoms. The van der Waals surface area contributed by atoms with Gasteiger partial charge in [0.05, 0.1) is 5.39 Å². The van der Waals surface area contributed by atoms with Crippen molar-refractivity contribution in [3.05, 3.63) is 75.7 Å². The summed E-state index contributed by atoms with van der Waals surface area (Å²) in [5.74, 6) is -0.326. The largest absolute Gasteiger partial charge is 0.341 e. The van der Waals surface area contributed by atoms with Crippen LogP contribution in [0.1, 0.15) is 34.5 Å². The SMILES string of the molecule is Cn1nc(C(=O)N2Cc3ccccc3C[C@@H]2C(=O)N2CCCC2)c2ccccc2c1=O. The van der Waals surface area contributed by atoms with Gasteiger partial charge in [0.1, 0.15) is 6.04 Å². The Morgan fingerprint density at radius 1 is 0.935 bits per heavy atom. The van der Waals surface area contributed by atoms with Crippen molar-refractivity contribution in [1.29, 1.82) is 0 Å². The maximum absolute atomic E-state index is 13.8. The van der Waals surface area contributed by atoms with Crippen molar-refractivity contribution in [3.63, 3.8) is 0 Å². The van der Waals surface area contributed by atoms with Crippen LogP contribution < -0.4 is 5.56 Å². The molecule has 158 valence electrons. The Morgan fingerprint density at radius 2 is 1.58 bits per heavy atom. The van der Waals surface area contributed by atoms with E-state index in [-0.39, 0.29) is 23.1 Å². The molecule has 2 aliphatic rings. The van der Waals surface area contributed by atoms with Gasteiger partial charge in [-0.1, -0.05) is 42.5 Å². The van der Waals surface area contributed by atoms with Gasteiger partial charge in [-0.05, 0) is 30.0 Å². The Balaban J connectivity index is 1.60. The molecule has 0 unspecified atom stereocenters. The van der Waals surface area contributed by atoms with Gasteiger partial charge in [0.25, 0.3) is 11.5 Å². The fourth-order valence-corrected chi connectivity index (χ4v) is 4.70. The van der Waals surface area contributed by atoms with Crippen LogP contribution in [0.25, 0.3) is 10.8 Å². The van der Waals surface area contributed by atoms with Crippen molar-refractivity contribution < 1.29 is 9.59 Å². The lowest BCUT2D eigenvalue weighted by molar-refractivity contribution is -0.135. The van der Waals surface area contributed by atoms with Crippen molar-refractivity contribution in [2.75, 3.05) is 13.1 Å². The molecule has 0 bridgehead atoms. The molecule has 0 spiro atoms. The number of aryl methyl sites for hydroxylation is 1. The number of hydrogen-bond donors (Lipinski definition) is 0. The lowest BCUT2D eigenvalue weighted by Crippen LogP contribution is -2.53. The number of aromatic nitrogens is 2. The fraction of sp³-hybridized carbons (Fsp3) is 0.333. The Morgan fingerprint density at radius 3 is 2.32 bits per heavy atom. The van der Waals surface area contributed by atoms with Crippen molar-refractivity contribution in [2.45, 2.75) is 31.8 Å². The van der Waals surface area contributed by atoms with E-state index < -0.39 is 6.04 Å². The van der Waals surface area contributed by atoms with Gasteiger partial charge < -0.3 is 9.80 Å². The minimum Gasteiger partial charge on any atom is -0.341 e. The molecule has 3 heterocycles. The van der Waals surface area contributed by atoms with Gasteiger partial charge in [-0.25, -0.2) is 4.68 Å². The van der Waals surface area contributed by atoms with Gasteiger partial charge in [-0.2, -0.15) is 5.10 Å². The molecule has 2 aliphatic heterocycles. The van der Waals surface area contributed by atoms with E-state index in [1.165, 1.54) is 4.68 Å². The molecule has 0 aliphatic carbocycles. The topological polar surface area (TPSA) is 75.5 Å². The first-order chi connectivity index (χ1) is 15.0. The van der Waals surface area contributed by atoms with Gasteiger partial charge >= 0.3 is 0 Å². The summed E-state index contributed by atoms with van der Waals surface area (Å²) >= 11 is 0. The first-order valence-corrected chi connectivity index (χ1v) is 10.7. The second kappa shape index (κ2) is 7.65. The summed E-state index contributed by atoms with van der Waals surface area (Å²) in [7, 11) is 1.55. The maximum Gasteiger partial charge on any atom is 0.275 e. The van der Waals surface area contributed by atoms with Crippen LogP contribution in [0.15, 0.2) is 53.3 Å². The summed E-state index contributed by atoms with van der Waals surface area (Å²) in [6.07, 6.45) is 2.48. The summed E-state index contributed by atoms with van der Waals surface area (Å²) < 4.78 is 1.20. The van der Waals surface area contributed by atoms with Crippen LogP contribution in [0.5, 0.6) is 0 Å². The first kappa shape index (κ1) is 19.5. The zero-order valence-electron chi connectivity index (χ0n) is 17.5. The minimum absolute atomic E-state index is 0.00511. The third kappa shape index (κ3) is 3.30. The first-order valence-electron chi connectivity index (χ1n) is 10.7. The van der Waals surface area contributed by atoms with E-state index in [2.05, 4.69) is 5.10 Å². The third-order valence-electron chi connectivity index (χ3n) is 6.37.